The van der Waals surface area contributed by atoms with Crippen molar-refractivity contribution < 1.29 is 24.2 Å². The second-order valence-corrected chi connectivity index (χ2v) is 7.23. The van der Waals surface area contributed by atoms with E-state index < -0.39 is 11.5 Å². The first-order valence-corrected chi connectivity index (χ1v) is 9.31. The highest BCUT2D eigenvalue weighted by molar-refractivity contribution is 5.90. The van der Waals surface area contributed by atoms with E-state index in [1.807, 2.05) is 6.07 Å². The number of aliphatic hydroxyl groups excluding tert-OH is 1. The van der Waals surface area contributed by atoms with Gasteiger partial charge < -0.3 is 24.8 Å². The van der Waals surface area contributed by atoms with Gasteiger partial charge in [0, 0.05) is 59.3 Å². The number of carbonyl (C=O) groups is 2. The van der Waals surface area contributed by atoms with E-state index in [0.29, 0.717) is 32.6 Å². The third-order valence-electron chi connectivity index (χ3n) is 5.57. The molecule has 2 unspecified atom stereocenters. The van der Waals surface area contributed by atoms with Crippen molar-refractivity contribution in [2.75, 3.05) is 40.0 Å². The molecule has 27 heavy (non-hydrogen) atoms. The van der Waals surface area contributed by atoms with Crippen LogP contribution in [0.1, 0.15) is 31.0 Å². The quantitative estimate of drug-likeness (QED) is 0.668. The van der Waals surface area contributed by atoms with Gasteiger partial charge in [-0.1, -0.05) is 0 Å². The highest BCUT2D eigenvalue weighted by Crippen LogP contribution is 2.37. The second kappa shape index (κ2) is 8.37. The number of ether oxygens (including phenoxy) is 2. The number of rotatable bonds is 7. The average molecular weight is 380 g/mol. The van der Waals surface area contributed by atoms with Gasteiger partial charge in [0.2, 0.25) is 11.8 Å². The van der Waals surface area contributed by atoms with Crippen LogP contribution >= 0.6 is 0 Å². The molecule has 1 aromatic rings. The van der Waals surface area contributed by atoms with Crippen LogP contribution in [0.3, 0.4) is 0 Å². The maximum absolute atomic E-state index is 13.0. The molecule has 3 rings (SSSR count). The summed E-state index contributed by atoms with van der Waals surface area (Å²) in [7, 11) is 3.53. The summed E-state index contributed by atoms with van der Waals surface area (Å²) >= 11 is 0. The van der Waals surface area contributed by atoms with Crippen molar-refractivity contribution >= 4 is 11.8 Å². The molecule has 0 spiro atoms. The third kappa shape index (κ3) is 4.15. The summed E-state index contributed by atoms with van der Waals surface area (Å²) in [5.74, 6) is -0.705. The topological polar surface area (TPSA) is 106 Å². The Morgan fingerprint density at radius 3 is 2.81 bits per heavy atom. The minimum atomic E-state index is -0.535. The SMILES string of the molecule is CN1C(=O)CC(C(=O)NCC2(OCCO)CCOCC2)C1c1ccnn1C. The van der Waals surface area contributed by atoms with Crippen LogP contribution in [0.25, 0.3) is 0 Å². The van der Waals surface area contributed by atoms with Gasteiger partial charge in [0.25, 0.3) is 0 Å². The summed E-state index contributed by atoms with van der Waals surface area (Å²) in [6.07, 6.45) is 3.15. The number of aryl methyl sites for hydroxylation is 1. The first kappa shape index (κ1) is 19.8. The molecule has 0 aromatic carbocycles. The van der Waals surface area contributed by atoms with Gasteiger partial charge >= 0.3 is 0 Å². The Labute approximate surface area is 158 Å². The van der Waals surface area contributed by atoms with Crippen LogP contribution in [-0.4, -0.2) is 77.2 Å². The van der Waals surface area contributed by atoms with E-state index in [-0.39, 0.29) is 37.5 Å². The molecule has 2 atom stereocenters. The fourth-order valence-corrected chi connectivity index (χ4v) is 3.94. The predicted octanol–water partition coefficient (Wildman–Crippen LogP) is -0.386. The summed E-state index contributed by atoms with van der Waals surface area (Å²) in [6.45, 7) is 1.61. The molecular weight excluding hydrogens is 352 g/mol. The summed E-state index contributed by atoms with van der Waals surface area (Å²) in [6, 6.07) is 1.50. The first-order valence-electron chi connectivity index (χ1n) is 9.31. The van der Waals surface area contributed by atoms with Gasteiger partial charge in [-0.15, -0.1) is 0 Å². The molecule has 1 aromatic heterocycles. The smallest absolute Gasteiger partial charge is 0.226 e. The first-order chi connectivity index (χ1) is 13.0. The van der Waals surface area contributed by atoms with Crippen molar-refractivity contribution in [1.82, 2.24) is 20.0 Å². The largest absolute Gasteiger partial charge is 0.394 e. The number of nitrogens with one attached hydrogen (secondary N) is 1. The zero-order valence-corrected chi connectivity index (χ0v) is 15.9. The zero-order valence-electron chi connectivity index (χ0n) is 15.9. The van der Waals surface area contributed by atoms with E-state index in [1.54, 1.807) is 29.9 Å². The summed E-state index contributed by atoms with van der Waals surface area (Å²) < 4.78 is 13.0. The molecule has 9 heteroatoms. The Morgan fingerprint density at radius 1 is 1.44 bits per heavy atom. The lowest BCUT2D eigenvalue weighted by Gasteiger charge is -2.37. The highest BCUT2D eigenvalue weighted by Gasteiger charge is 2.44. The molecule has 3 heterocycles. The maximum atomic E-state index is 13.0. The van der Waals surface area contributed by atoms with Crippen LogP contribution in [0.4, 0.5) is 0 Å². The van der Waals surface area contributed by atoms with Gasteiger partial charge in [0.05, 0.1) is 36.5 Å². The standard InChI is InChI=1S/C18H28N4O5/c1-21-15(24)11-13(16(21)14-3-6-20-22(14)2)17(25)19-12-18(27-10-7-23)4-8-26-9-5-18/h3,6,13,16,23H,4-5,7-12H2,1-2H3,(H,19,25). The van der Waals surface area contributed by atoms with Crippen LogP contribution in [-0.2, 0) is 26.1 Å². The lowest BCUT2D eigenvalue weighted by molar-refractivity contribution is -0.134. The third-order valence-corrected chi connectivity index (χ3v) is 5.57. The average Bonchev–Trinajstić information content (AvgIpc) is 3.22. The van der Waals surface area contributed by atoms with Gasteiger partial charge in [-0.25, -0.2) is 0 Å². The summed E-state index contributed by atoms with van der Waals surface area (Å²) in [5, 5.41) is 16.2. The number of nitrogens with zero attached hydrogens (tertiary/aromatic N) is 3. The molecule has 0 aliphatic carbocycles. The van der Waals surface area contributed by atoms with Gasteiger partial charge in [0.1, 0.15) is 0 Å². The molecule has 0 radical (unpaired) electrons. The van der Waals surface area contributed by atoms with Crippen molar-refractivity contribution in [1.29, 1.82) is 0 Å². The van der Waals surface area contributed by atoms with Crippen LogP contribution < -0.4 is 5.32 Å². The lowest BCUT2D eigenvalue weighted by atomic mass is 9.92. The van der Waals surface area contributed by atoms with Crippen molar-refractivity contribution in [3.05, 3.63) is 18.0 Å². The second-order valence-electron chi connectivity index (χ2n) is 7.23. The van der Waals surface area contributed by atoms with Gasteiger partial charge in [-0.05, 0) is 6.07 Å². The van der Waals surface area contributed by atoms with E-state index >= 15 is 0 Å². The number of hydrogen-bond donors (Lipinski definition) is 2. The molecule has 9 nitrogen and oxygen atoms in total. The molecule has 2 aliphatic rings. The number of amides is 2. The molecular formula is C18H28N4O5. The van der Waals surface area contributed by atoms with Crippen LogP contribution in [0.15, 0.2) is 12.3 Å². The minimum absolute atomic E-state index is 0.0568. The molecule has 2 saturated heterocycles. The number of hydrogen-bond acceptors (Lipinski definition) is 6. The van der Waals surface area contributed by atoms with Crippen LogP contribution in [0.5, 0.6) is 0 Å². The van der Waals surface area contributed by atoms with E-state index in [0.717, 1.165) is 5.69 Å². The summed E-state index contributed by atoms with van der Waals surface area (Å²) in [5.41, 5.74) is 0.300. The van der Waals surface area contributed by atoms with Crippen molar-refractivity contribution in [2.24, 2.45) is 13.0 Å². The molecule has 2 amide bonds. The Morgan fingerprint density at radius 2 is 2.19 bits per heavy atom. The lowest BCUT2D eigenvalue weighted by Crippen LogP contribution is -2.50. The van der Waals surface area contributed by atoms with E-state index in [9.17, 15) is 9.59 Å². The van der Waals surface area contributed by atoms with Crippen molar-refractivity contribution in [2.45, 2.75) is 30.9 Å². The van der Waals surface area contributed by atoms with E-state index in [2.05, 4.69) is 10.4 Å². The Balaban J connectivity index is 1.70. The number of aliphatic hydroxyl groups is 1. The number of likely N-dealkylation sites (tertiary alicyclic amines) is 1. The summed E-state index contributed by atoms with van der Waals surface area (Å²) in [4.78, 5) is 26.8. The zero-order chi connectivity index (χ0) is 19.4. The molecule has 150 valence electrons. The Hall–Kier alpha value is -1.97. The van der Waals surface area contributed by atoms with Gasteiger partial charge in [-0.2, -0.15) is 5.10 Å². The minimum Gasteiger partial charge on any atom is -0.394 e. The molecule has 2 N–H and O–H groups in total. The van der Waals surface area contributed by atoms with Crippen LogP contribution in [0.2, 0.25) is 0 Å². The van der Waals surface area contributed by atoms with Gasteiger partial charge in [-0.3, -0.25) is 14.3 Å². The molecule has 0 saturated carbocycles. The number of carbonyl (C=O) groups excluding carboxylic acids is 2. The highest BCUT2D eigenvalue weighted by atomic mass is 16.5. The molecule has 2 aliphatic heterocycles. The van der Waals surface area contributed by atoms with Gasteiger partial charge in [0.15, 0.2) is 0 Å². The molecule has 0 bridgehead atoms. The fraction of sp³-hybridized carbons (Fsp3) is 0.722. The Bertz CT molecular complexity index is 670. The fourth-order valence-electron chi connectivity index (χ4n) is 3.94. The van der Waals surface area contributed by atoms with E-state index in [1.165, 1.54) is 0 Å². The van der Waals surface area contributed by atoms with E-state index in [4.69, 9.17) is 14.6 Å². The Kier molecular flexibility index (Phi) is 6.13. The normalized spacial score (nSPS) is 25.0. The monoisotopic (exact) mass is 380 g/mol. The van der Waals surface area contributed by atoms with Crippen molar-refractivity contribution in [3.63, 3.8) is 0 Å². The number of aromatic nitrogens is 2. The van der Waals surface area contributed by atoms with Crippen molar-refractivity contribution in [3.8, 4) is 0 Å². The van der Waals surface area contributed by atoms with Crippen LogP contribution in [0, 0.1) is 5.92 Å². The molecule has 2 fully saturated rings. The predicted molar refractivity (Wildman–Crippen MR) is 95.7 cm³/mol. The maximum Gasteiger partial charge on any atom is 0.226 e.